The SMILES string of the molecule is CCc1cn(Cc2ccc(Br)cc2[N+](=O)[O-])c(=O)[nH]c1=O. The molecule has 0 spiro atoms. The zero-order valence-electron chi connectivity index (χ0n) is 11.1. The van der Waals surface area contributed by atoms with Gasteiger partial charge in [-0.15, -0.1) is 0 Å². The lowest BCUT2D eigenvalue weighted by Gasteiger charge is -2.08. The van der Waals surface area contributed by atoms with Gasteiger partial charge in [0.05, 0.1) is 11.5 Å². The molecule has 21 heavy (non-hydrogen) atoms. The number of benzene rings is 1. The van der Waals surface area contributed by atoms with Crippen molar-refractivity contribution in [3.63, 3.8) is 0 Å². The van der Waals surface area contributed by atoms with Crippen LogP contribution in [-0.4, -0.2) is 14.5 Å². The van der Waals surface area contributed by atoms with Gasteiger partial charge in [-0.3, -0.25) is 24.5 Å². The summed E-state index contributed by atoms with van der Waals surface area (Å²) in [5.41, 5.74) is -0.257. The second-order valence-electron chi connectivity index (χ2n) is 4.43. The van der Waals surface area contributed by atoms with Gasteiger partial charge in [-0.25, -0.2) is 4.79 Å². The Balaban J connectivity index is 2.50. The van der Waals surface area contributed by atoms with E-state index in [1.807, 2.05) is 0 Å². The first-order valence-electron chi connectivity index (χ1n) is 6.17. The van der Waals surface area contributed by atoms with Crippen LogP contribution in [0.15, 0.2) is 38.5 Å². The molecule has 1 N–H and O–H groups in total. The van der Waals surface area contributed by atoms with E-state index in [2.05, 4.69) is 20.9 Å². The molecule has 2 aromatic rings. The molecule has 0 atom stereocenters. The lowest BCUT2D eigenvalue weighted by molar-refractivity contribution is -0.385. The van der Waals surface area contributed by atoms with Crippen LogP contribution in [-0.2, 0) is 13.0 Å². The number of aryl methyl sites for hydroxylation is 1. The quantitative estimate of drug-likeness (QED) is 0.669. The summed E-state index contributed by atoms with van der Waals surface area (Å²) >= 11 is 3.18. The van der Waals surface area contributed by atoms with Gasteiger partial charge in [0.2, 0.25) is 0 Å². The predicted octanol–water partition coefficient (Wildman–Crippen LogP) is 1.82. The van der Waals surface area contributed by atoms with E-state index in [4.69, 9.17) is 0 Å². The maximum atomic E-state index is 11.8. The van der Waals surface area contributed by atoms with E-state index in [9.17, 15) is 19.7 Å². The fourth-order valence-corrected chi connectivity index (χ4v) is 2.30. The highest BCUT2D eigenvalue weighted by Gasteiger charge is 2.15. The summed E-state index contributed by atoms with van der Waals surface area (Å²) in [5.74, 6) is 0. The van der Waals surface area contributed by atoms with E-state index < -0.39 is 16.2 Å². The van der Waals surface area contributed by atoms with Gasteiger partial charge in [-0.05, 0) is 18.6 Å². The Morgan fingerprint density at radius 2 is 2.05 bits per heavy atom. The van der Waals surface area contributed by atoms with Crippen LogP contribution in [0.2, 0.25) is 0 Å². The van der Waals surface area contributed by atoms with Gasteiger partial charge < -0.3 is 0 Å². The van der Waals surface area contributed by atoms with Gasteiger partial charge in [0.1, 0.15) is 0 Å². The molecule has 2 rings (SSSR count). The minimum absolute atomic E-state index is 0.0200. The highest BCUT2D eigenvalue weighted by Crippen LogP contribution is 2.23. The minimum Gasteiger partial charge on any atom is -0.296 e. The molecule has 0 saturated carbocycles. The number of nitrogens with zero attached hydrogens (tertiary/aromatic N) is 2. The first-order valence-corrected chi connectivity index (χ1v) is 6.97. The molecule has 1 aromatic carbocycles. The normalized spacial score (nSPS) is 10.6. The largest absolute Gasteiger partial charge is 0.328 e. The summed E-state index contributed by atoms with van der Waals surface area (Å²) in [6.07, 6.45) is 1.91. The van der Waals surface area contributed by atoms with E-state index in [1.54, 1.807) is 19.1 Å². The second-order valence-corrected chi connectivity index (χ2v) is 5.34. The molecule has 0 bridgehead atoms. The molecule has 0 amide bonds. The van der Waals surface area contributed by atoms with Crippen LogP contribution in [0.25, 0.3) is 0 Å². The fraction of sp³-hybridized carbons (Fsp3) is 0.231. The molecule has 110 valence electrons. The number of aromatic amines is 1. The van der Waals surface area contributed by atoms with Gasteiger partial charge in [0.25, 0.3) is 11.2 Å². The molecule has 1 heterocycles. The summed E-state index contributed by atoms with van der Waals surface area (Å²) in [7, 11) is 0. The smallest absolute Gasteiger partial charge is 0.296 e. The number of halogens is 1. The first-order chi connectivity index (χ1) is 9.92. The molecule has 8 heteroatoms. The molecule has 0 aliphatic rings. The first kappa shape index (κ1) is 15.2. The van der Waals surface area contributed by atoms with Crippen molar-refractivity contribution >= 4 is 21.6 Å². The summed E-state index contributed by atoms with van der Waals surface area (Å²) < 4.78 is 1.84. The molecule has 1 aromatic heterocycles. The molecule has 0 fully saturated rings. The van der Waals surface area contributed by atoms with E-state index in [0.29, 0.717) is 22.0 Å². The molecular formula is C13H12BrN3O4. The molecule has 0 aliphatic carbocycles. The van der Waals surface area contributed by atoms with Crippen molar-refractivity contribution < 1.29 is 4.92 Å². The van der Waals surface area contributed by atoms with E-state index >= 15 is 0 Å². The Kier molecular flexibility index (Phi) is 4.37. The number of aromatic nitrogens is 2. The Bertz CT molecular complexity index is 810. The Labute approximate surface area is 127 Å². The third-order valence-electron chi connectivity index (χ3n) is 3.05. The maximum absolute atomic E-state index is 11.8. The number of nitrogens with one attached hydrogen (secondary N) is 1. The van der Waals surface area contributed by atoms with Crippen LogP contribution < -0.4 is 11.2 Å². The van der Waals surface area contributed by atoms with Crippen molar-refractivity contribution in [1.29, 1.82) is 0 Å². The summed E-state index contributed by atoms with van der Waals surface area (Å²) in [4.78, 5) is 36.1. The summed E-state index contributed by atoms with van der Waals surface area (Å²) in [6.45, 7) is 1.81. The number of nitro groups is 1. The number of hydrogen-bond acceptors (Lipinski definition) is 4. The van der Waals surface area contributed by atoms with Gasteiger partial charge in [-0.2, -0.15) is 0 Å². The fourth-order valence-electron chi connectivity index (χ4n) is 1.95. The maximum Gasteiger partial charge on any atom is 0.328 e. The minimum atomic E-state index is -0.589. The Hall–Kier alpha value is -2.22. The molecule has 0 radical (unpaired) electrons. The van der Waals surface area contributed by atoms with E-state index in [1.165, 1.54) is 16.8 Å². The van der Waals surface area contributed by atoms with Crippen LogP contribution in [0, 0.1) is 10.1 Å². The van der Waals surface area contributed by atoms with Gasteiger partial charge in [-0.1, -0.05) is 22.9 Å². The van der Waals surface area contributed by atoms with E-state index in [-0.39, 0.29) is 12.2 Å². The number of H-pyrrole nitrogens is 1. The summed E-state index contributed by atoms with van der Waals surface area (Å²) in [5, 5.41) is 11.1. The lowest BCUT2D eigenvalue weighted by atomic mass is 10.1. The zero-order valence-corrected chi connectivity index (χ0v) is 12.7. The number of nitro benzene ring substituents is 1. The zero-order chi connectivity index (χ0) is 15.6. The number of hydrogen-bond donors (Lipinski definition) is 1. The van der Waals surface area contributed by atoms with Crippen LogP contribution in [0.3, 0.4) is 0 Å². The third kappa shape index (κ3) is 3.27. The highest BCUT2D eigenvalue weighted by atomic mass is 79.9. The van der Waals surface area contributed by atoms with Crippen molar-refractivity contribution in [2.45, 2.75) is 19.9 Å². The van der Waals surface area contributed by atoms with Gasteiger partial charge in [0, 0.05) is 27.9 Å². The van der Waals surface area contributed by atoms with Crippen LogP contribution in [0.5, 0.6) is 0 Å². The van der Waals surface area contributed by atoms with Crippen molar-refractivity contribution in [3.05, 3.63) is 70.9 Å². The predicted molar refractivity (Wildman–Crippen MR) is 80.6 cm³/mol. The van der Waals surface area contributed by atoms with Crippen molar-refractivity contribution in [3.8, 4) is 0 Å². The van der Waals surface area contributed by atoms with Crippen LogP contribution in [0.4, 0.5) is 5.69 Å². The van der Waals surface area contributed by atoms with Gasteiger partial charge >= 0.3 is 5.69 Å². The van der Waals surface area contributed by atoms with Crippen LogP contribution >= 0.6 is 15.9 Å². The highest BCUT2D eigenvalue weighted by molar-refractivity contribution is 9.10. The van der Waals surface area contributed by atoms with Crippen LogP contribution in [0.1, 0.15) is 18.1 Å². The summed E-state index contributed by atoms with van der Waals surface area (Å²) in [6, 6.07) is 4.62. The Morgan fingerprint density at radius 1 is 1.33 bits per heavy atom. The standard InChI is InChI=1S/C13H12BrN3O4/c1-2-8-6-16(13(19)15-12(8)18)7-9-3-4-10(14)5-11(9)17(20)21/h3-6H,2,7H2,1H3,(H,15,18,19). The second kappa shape index (κ2) is 6.04. The molecular weight excluding hydrogens is 342 g/mol. The lowest BCUT2D eigenvalue weighted by Crippen LogP contribution is -2.32. The number of rotatable bonds is 4. The van der Waals surface area contributed by atoms with Crippen molar-refractivity contribution in [2.24, 2.45) is 0 Å². The van der Waals surface area contributed by atoms with E-state index in [0.717, 1.165) is 0 Å². The topological polar surface area (TPSA) is 98.0 Å². The molecule has 0 saturated heterocycles. The average molecular weight is 354 g/mol. The average Bonchev–Trinajstić information content (AvgIpc) is 2.43. The monoisotopic (exact) mass is 353 g/mol. The van der Waals surface area contributed by atoms with Crippen molar-refractivity contribution in [1.82, 2.24) is 9.55 Å². The third-order valence-corrected chi connectivity index (χ3v) is 3.54. The molecule has 0 aliphatic heterocycles. The Morgan fingerprint density at radius 3 is 2.67 bits per heavy atom. The van der Waals surface area contributed by atoms with Gasteiger partial charge in [0.15, 0.2) is 0 Å². The molecule has 7 nitrogen and oxygen atoms in total. The van der Waals surface area contributed by atoms with Crippen molar-refractivity contribution in [2.75, 3.05) is 0 Å². The molecule has 0 unspecified atom stereocenters.